The average molecular weight is 283 g/mol. The molecular weight excluding hydrogens is 264 g/mol. The summed E-state index contributed by atoms with van der Waals surface area (Å²) in [6, 6.07) is 7.27. The maximum atomic E-state index is 11.7. The van der Waals surface area contributed by atoms with Gasteiger partial charge in [0.2, 0.25) is 0 Å². The molecule has 4 nitrogen and oxygen atoms in total. The topological polar surface area (TPSA) is 52.6 Å². The van der Waals surface area contributed by atoms with E-state index in [-0.39, 0.29) is 0 Å². The smallest absolute Gasteiger partial charge is 0.329 e. The maximum Gasteiger partial charge on any atom is 0.329 e. The Hall–Kier alpha value is -1.26. The second kappa shape index (κ2) is 5.80. The Bertz CT molecular complexity index is 457. The highest BCUT2D eigenvalue weighted by atomic mass is 35.5. The van der Waals surface area contributed by atoms with Crippen LogP contribution in [0.3, 0.4) is 0 Å². The number of benzene rings is 1. The van der Waals surface area contributed by atoms with Gasteiger partial charge < -0.3 is 15.3 Å². The van der Waals surface area contributed by atoms with E-state index in [0.717, 1.165) is 19.6 Å². The van der Waals surface area contributed by atoms with Crippen molar-refractivity contribution in [2.45, 2.75) is 25.3 Å². The number of para-hydroxylation sites is 1. The van der Waals surface area contributed by atoms with Gasteiger partial charge in [0, 0.05) is 13.1 Å². The molecule has 0 aromatic heterocycles. The van der Waals surface area contributed by atoms with Crippen molar-refractivity contribution in [2.75, 3.05) is 25.0 Å². The summed E-state index contributed by atoms with van der Waals surface area (Å²) in [6.07, 6.45) is 1.17. The number of piperidine rings is 1. The van der Waals surface area contributed by atoms with E-state index in [1.165, 1.54) is 0 Å². The molecule has 0 atom stereocenters. The molecule has 1 heterocycles. The molecule has 1 aliphatic rings. The molecule has 0 saturated carbocycles. The highest BCUT2D eigenvalue weighted by molar-refractivity contribution is 6.33. The Morgan fingerprint density at radius 1 is 1.42 bits per heavy atom. The second-order valence-corrected chi connectivity index (χ2v) is 5.33. The molecule has 0 unspecified atom stereocenters. The first-order valence-corrected chi connectivity index (χ1v) is 6.93. The fraction of sp³-hybridized carbons (Fsp3) is 0.500. The molecule has 1 aromatic rings. The summed E-state index contributed by atoms with van der Waals surface area (Å²) in [4.78, 5) is 13.9. The Morgan fingerprint density at radius 2 is 2.05 bits per heavy atom. The lowest BCUT2D eigenvalue weighted by Crippen LogP contribution is -2.54. The highest BCUT2D eigenvalue weighted by Crippen LogP contribution is 2.30. The van der Waals surface area contributed by atoms with E-state index in [2.05, 4.69) is 17.1 Å². The van der Waals surface area contributed by atoms with Gasteiger partial charge in [-0.1, -0.05) is 30.7 Å². The van der Waals surface area contributed by atoms with Crippen molar-refractivity contribution in [3.8, 4) is 0 Å². The van der Waals surface area contributed by atoms with Crippen molar-refractivity contribution >= 4 is 23.3 Å². The van der Waals surface area contributed by atoms with E-state index in [0.29, 0.717) is 23.6 Å². The lowest BCUT2D eigenvalue weighted by atomic mass is 9.87. The number of nitrogens with zero attached hydrogens (tertiary/aromatic N) is 1. The molecule has 104 valence electrons. The summed E-state index contributed by atoms with van der Waals surface area (Å²) < 4.78 is 0. The summed E-state index contributed by atoms with van der Waals surface area (Å²) in [5, 5.41) is 13.3. The van der Waals surface area contributed by atoms with Crippen molar-refractivity contribution in [3.63, 3.8) is 0 Å². The minimum atomic E-state index is -0.906. The van der Waals surface area contributed by atoms with Crippen LogP contribution in [0.15, 0.2) is 24.3 Å². The maximum absolute atomic E-state index is 11.7. The number of aliphatic carboxylic acids is 1. The fourth-order valence-electron chi connectivity index (χ4n) is 2.46. The molecule has 1 fully saturated rings. The predicted molar refractivity (Wildman–Crippen MR) is 76.8 cm³/mol. The molecule has 0 amide bonds. The van der Waals surface area contributed by atoms with Gasteiger partial charge in [-0.25, -0.2) is 4.79 Å². The van der Waals surface area contributed by atoms with Crippen molar-refractivity contribution in [1.29, 1.82) is 0 Å². The van der Waals surface area contributed by atoms with Crippen LogP contribution >= 0.6 is 11.6 Å². The van der Waals surface area contributed by atoms with E-state index >= 15 is 0 Å². The Kier molecular flexibility index (Phi) is 4.32. The summed E-state index contributed by atoms with van der Waals surface area (Å²) in [5.74, 6) is -0.803. The summed E-state index contributed by atoms with van der Waals surface area (Å²) in [6.45, 7) is 4.64. The van der Waals surface area contributed by atoms with Gasteiger partial charge in [-0.05, 0) is 31.5 Å². The number of anilines is 1. The van der Waals surface area contributed by atoms with Gasteiger partial charge in [0.25, 0.3) is 0 Å². The number of nitrogens with one attached hydrogen (secondary N) is 1. The monoisotopic (exact) mass is 282 g/mol. The first-order chi connectivity index (χ1) is 9.07. The number of likely N-dealkylation sites (tertiary alicyclic amines) is 1. The minimum Gasteiger partial charge on any atom is -0.480 e. The zero-order chi connectivity index (χ0) is 13.9. The van der Waals surface area contributed by atoms with Crippen LogP contribution in [-0.2, 0) is 4.79 Å². The van der Waals surface area contributed by atoms with Gasteiger partial charge >= 0.3 is 5.97 Å². The zero-order valence-corrected chi connectivity index (χ0v) is 11.8. The van der Waals surface area contributed by atoms with E-state index in [1.54, 1.807) is 6.07 Å². The first kappa shape index (κ1) is 14.2. The summed E-state index contributed by atoms with van der Waals surface area (Å²) in [7, 11) is 0. The molecule has 0 aliphatic carbocycles. The molecule has 1 saturated heterocycles. The van der Waals surface area contributed by atoms with Gasteiger partial charge in [-0.2, -0.15) is 0 Å². The van der Waals surface area contributed by atoms with Gasteiger partial charge in [0.1, 0.15) is 5.54 Å². The van der Waals surface area contributed by atoms with Crippen LogP contribution in [-0.4, -0.2) is 41.1 Å². The lowest BCUT2D eigenvalue weighted by Gasteiger charge is -2.39. The van der Waals surface area contributed by atoms with Crippen molar-refractivity contribution in [3.05, 3.63) is 29.3 Å². The van der Waals surface area contributed by atoms with Gasteiger partial charge in [-0.3, -0.25) is 0 Å². The van der Waals surface area contributed by atoms with Crippen LogP contribution in [0.5, 0.6) is 0 Å². The molecule has 19 heavy (non-hydrogen) atoms. The first-order valence-electron chi connectivity index (χ1n) is 6.56. The quantitative estimate of drug-likeness (QED) is 0.891. The Morgan fingerprint density at radius 3 is 2.58 bits per heavy atom. The number of hydrogen-bond donors (Lipinski definition) is 2. The molecule has 0 bridgehead atoms. The lowest BCUT2D eigenvalue weighted by molar-refractivity contribution is -0.144. The number of carboxylic acid groups (broad SMARTS) is 1. The highest BCUT2D eigenvalue weighted by Gasteiger charge is 2.41. The third-order valence-corrected chi connectivity index (χ3v) is 4.14. The Labute approximate surface area is 118 Å². The standard InChI is InChI=1S/C14H19ClN2O2/c1-2-17-9-7-14(8-10-17,13(18)19)16-12-6-4-3-5-11(12)15/h3-6,16H,2,7-10H2,1H3,(H,18,19). The van der Waals surface area contributed by atoms with Gasteiger partial charge in [-0.15, -0.1) is 0 Å². The number of rotatable bonds is 4. The molecule has 2 N–H and O–H groups in total. The number of halogens is 1. The van der Waals surface area contributed by atoms with Crippen LogP contribution in [0.1, 0.15) is 19.8 Å². The Balaban J connectivity index is 2.18. The summed E-state index contributed by atoms with van der Waals surface area (Å²) in [5.41, 5.74) is -0.215. The number of carboxylic acids is 1. The van der Waals surface area contributed by atoms with E-state index < -0.39 is 11.5 Å². The number of carbonyl (C=O) groups is 1. The molecule has 0 radical (unpaired) electrons. The number of hydrogen-bond acceptors (Lipinski definition) is 3. The predicted octanol–water partition coefficient (Wildman–Crippen LogP) is 2.69. The SMILES string of the molecule is CCN1CCC(Nc2ccccc2Cl)(C(=O)O)CC1. The third-order valence-electron chi connectivity index (χ3n) is 3.81. The molecule has 1 aromatic carbocycles. The molecule has 1 aliphatic heterocycles. The second-order valence-electron chi connectivity index (χ2n) is 4.93. The van der Waals surface area contributed by atoms with Gasteiger partial charge in [0.05, 0.1) is 10.7 Å². The third kappa shape index (κ3) is 3.01. The molecule has 5 heteroatoms. The van der Waals surface area contributed by atoms with Crippen LogP contribution in [0.2, 0.25) is 5.02 Å². The zero-order valence-electron chi connectivity index (χ0n) is 11.0. The molecule has 2 rings (SSSR count). The van der Waals surface area contributed by atoms with Crippen LogP contribution in [0.25, 0.3) is 0 Å². The van der Waals surface area contributed by atoms with Crippen molar-refractivity contribution in [2.24, 2.45) is 0 Å². The molecule has 0 spiro atoms. The summed E-state index contributed by atoms with van der Waals surface area (Å²) >= 11 is 6.10. The minimum absolute atomic E-state index is 0.557. The van der Waals surface area contributed by atoms with E-state index in [9.17, 15) is 9.90 Å². The fourth-order valence-corrected chi connectivity index (χ4v) is 2.65. The van der Waals surface area contributed by atoms with Crippen molar-refractivity contribution < 1.29 is 9.90 Å². The van der Waals surface area contributed by atoms with E-state index in [4.69, 9.17) is 11.6 Å². The van der Waals surface area contributed by atoms with Gasteiger partial charge in [0.15, 0.2) is 0 Å². The normalized spacial score (nSPS) is 19.1. The van der Waals surface area contributed by atoms with Crippen LogP contribution < -0.4 is 5.32 Å². The van der Waals surface area contributed by atoms with E-state index in [1.807, 2.05) is 18.2 Å². The van der Waals surface area contributed by atoms with Crippen LogP contribution in [0.4, 0.5) is 5.69 Å². The largest absolute Gasteiger partial charge is 0.480 e. The van der Waals surface area contributed by atoms with Crippen molar-refractivity contribution in [1.82, 2.24) is 4.90 Å². The average Bonchev–Trinajstić information content (AvgIpc) is 2.42. The van der Waals surface area contributed by atoms with Crippen LogP contribution in [0, 0.1) is 0 Å². The molecular formula is C14H19ClN2O2.